The van der Waals surface area contributed by atoms with Crippen molar-refractivity contribution >= 4 is 28.9 Å². The summed E-state index contributed by atoms with van der Waals surface area (Å²) in [5.41, 5.74) is -0.988. The molecule has 1 N–H and O–H groups in total. The number of halogens is 6. The Morgan fingerprint density at radius 2 is 1.76 bits per heavy atom. The van der Waals surface area contributed by atoms with Gasteiger partial charge in [-0.05, 0) is 24.3 Å². The summed E-state index contributed by atoms with van der Waals surface area (Å²) in [5.74, 6) is -0.601. The van der Waals surface area contributed by atoms with E-state index in [0.29, 0.717) is 0 Å². The van der Waals surface area contributed by atoms with E-state index in [-0.39, 0.29) is 27.8 Å². The summed E-state index contributed by atoms with van der Waals surface area (Å²) >= 11 is 11.4. The fourth-order valence-electron chi connectivity index (χ4n) is 1.79. The Bertz CT molecular complexity index is 656. The van der Waals surface area contributed by atoms with Crippen LogP contribution in [-0.4, -0.2) is 0 Å². The predicted molar refractivity (Wildman–Crippen MR) is 75.2 cm³/mol. The van der Waals surface area contributed by atoms with Gasteiger partial charge in [-0.25, -0.2) is 4.39 Å². The first-order valence-corrected chi connectivity index (χ1v) is 6.58. The minimum absolute atomic E-state index is 0.0841. The Hall–Kier alpha value is -1.46. The van der Waals surface area contributed by atoms with Gasteiger partial charge in [0.1, 0.15) is 5.82 Å². The van der Waals surface area contributed by atoms with E-state index in [1.807, 2.05) is 0 Å². The second-order valence-electron chi connectivity index (χ2n) is 4.25. The summed E-state index contributed by atoms with van der Waals surface area (Å²) in [6, 6.07) is 7.40. The van der Waals surface area contributed by atoms with Crippen LogP contribution < -0.4 is 5.32 Å². The summed E-state index contributed by atoms with van der Waals surface area (Å²) in [5, 5.41) is 2.66. The molecule has 1 nitrogen and oxygen atoms in total. The first kappa shape index (κ1) is 15.9. The van der Waals surface area contributed by atoms with Gasteiger partial charge in [0.2, 0.25) is 0 Å². The lowest BCUT2D eigenvalue weighted by Crippen LogP contribution is -2.11. The molecule has 2 aromatic rings. The first-order chi connectivity index (χ1) is 9.79. The van der Waals surface area contributed by atoms with E-state index in [4.69, 9.17) is 23.2 Å². The molecule has 0 aliphatic heterocycles. The summed E-state index contributed by atoms with van der Waals surface area (Å²) in [4.78, 5) is 0. The fourth-order valence-corrected chi connectivity index (χ4v) is 2.19. The van der Waals surface area contributed by atoms with Crippen LogP contribution in [0.25, 0.3) is 0 Å². The lowest BCUT2D eigenvalue weighted by molar-refractivity contribution is -0.136. The van der Waals surface area contributed by atoms with Crippen LogP contribution in [0.5, 0.6) is 0 Å². The molecule has 7 heteroatoms. The number of benzene rings is 2. The zero-order chi connectivity index (χ0) is 15.6. The summed E-state index contributed by atoms with van der Waals surface area (Å²) in [6.07, 6.45) is -4.55. The van der Waals surface area contributed by atoms with E-state index in [1.54, 1.807) is 0 Å². The van der Waals surface area contributed by atoms with Gasteiger partial charge in [-0.3, -0.25) is 0 Å². The van der Waals surface area contributed by atoms with E-state index in [1.165, 1.54) is 24.3 Å². The zero-order valence-corrected chi connectivity index (χ0v) is 12.0. The van der Waals surface area contributed by atoms with Crippen LogP contribution in [0.15, 0.2) is 36.4 Å². The van der Waals surface area contributed by atoms with Crippen LogP contribution in [0.1, 0.15) is 11.1 Å². The van der Waals surface area contributed by atoms with Gasteiger partial charge in [0.15, 0.2) is 0 Å². The molecule has 112 valence electrons. The third kappa shape index (κ3) is 3.80. The van der Waals surface area contributed by atoms with Crippen LogP contribution in [0.3, 0.4) is 0 Å². The Balaban J connectivity index is 2.28. The monoisotopic (exact) mass is 337 g/mol. The maximum atomic E-state index is 13.6. The molecule has 0 atom stereocenters. The summed E-state index contributed by atoms with van der Waals surface area (Å²) < 4.78 is 52.3. The third-order valence-electron chi connectivity index (χ3n) is 2.79. The van der Waals surface area contributed by atoms with Crippen LogP contribution in [0.4, 0.5) is 23.2 Å². The molecule has 21 heavy (non-hydrogen) atoms. The number of hydrogen-bond donors (Lipinski definition) is 1. The van der Waals surface area contributed by atoms with Gasteiger partial charge in [0.05, 0.1) is 16.3 Å². The van der Waals surface area contributed by atoms with E-state index < -0.39 is 17.6 Å². The lowest BCUT2D eigenvalue weighted by atomic mass is 10.1. The normalized spacial score (nSPS) is 11.5. The SMILES string of the molecule is Fc1cc(Cl)ccc1CNc1c(Cl)cccc1C(F)(F)F. The Kier molecular flexibility index (Phi) is 4.64. The van der Waals surface area contributed by atoms with Gasteiger partial charge < -0.3 is 5.32 Å². The highest BCUT2D eigenvalue weighted by Gasteiger charge is 2.34. The average Bonchev–Trinajstić information content (AvgIpc) is 2.37. The van der Waals surface area contributed by atoms with Crippen molar-refractivity contribution in [2.75, 3.05) is 5.32 Å². The van der Waals surface area contributed by atoms with Gasteiger partial charge in [-0.2, -0.15) is 13.2 Å². The van der Waals surface area contributed by atoms with Crippen molar-refractivity contribution in [3.05, 3.63) is 63.4 Å². The largest absolute Gasteiger partial charge is 0.418 e. The molecule has 0 fully saturated rings. The number of para-hydroxylation sites is 1. The zero-order valence-electron chi connectivity index (χ0n) is 10.4. The highest BCUT2D eigenvalue weighted by molar-refractivity contribution is 6.33. The van der Waals surface area contributed by atoms with Crippen LogP contribution in [0.2, 0.25) is 10.0 Å². The number of anilines is 1. The lowest BCUT2D eigenvalue weighted by Gasteiger charge is -2.16. The second kappa shape index (κ2) is 6.12. The maximum absolute atomic E-state index is 13.6. The Labute approximate surface area is 128 Å². The van der Waals surface area contributed by atoms with Crippen molar-refractivity contribution < 1.29 is 17.6 Å². The Morgan fingerprint density at radius 1 is 1.05 bits per heavy atom. The van der Waals surface area contributed by atoms with Gasteiger partial charge in [-0.15, -0.1) is 0 Å². The number of hydrogen-bond acceptors (Lipinski definition) is 1. The molecule has 0 amide bonds. The van der Waals surface area contributed by atoms with Crippen molar-refractivity contribution in [3.8, 4) is 0 Å². The summed E-state index contributed by atoms with van der Waals surface area (Å²) in [7, 11) is 0. The topological polar surface area (TPSA) is 12.0 Å². The molecular formula is C14H9Cl2F4N. The number of nitrogens with one attached hydrogen (secondary N) is 1. The summed E-state index contributed by atoms with van der Waals surface area (Å²) in [6.45, 7) is -0.143. The molecule has 0 radical (unpaired) electrons. The minimum atomic E-state index is -4.55. The quantitative estimate of drug-likeness (QED) is 0.701. The molecule has 0 bridgehead atoms. The number of rotatable bonds is 3. The number of alkyl halides is 3. The molecule has 0 aliphatic rings. The molecular weight excluding hydrogens is 329 g/mol. The third-order valence-corrected chi connectivity index (χ3v) is 3.34. The molecule has 2 aromatic carbocycles. The Morgan fingerprint density at radius 3 is 2.38 bits per heavy atom. The van der Waals surface area contributed by atoms with Gasteiger partial charge in [-0.1, -0.05) is 35.3 Å². The van der Waals surface area contributed by atoms with Crippen LogP contribution in [-0.2, 0) is 12.7 Å². The molecule has 2 rings (SSSR count). The van der Waals surface area contributed by atoms with E-state index in [2.05, 4.69) is 5.32 Å². The van der Waals surface area contributed by atoms with Crippen LogP contribution >= 0.6 is 23.2 Å². The van der Waals surface area contributed by atoms with Gasteiger partial charge >= 0.3 is 6.18 Å². The second-order valence-corrected chi connectivity index (χ2v) is 5.09. The van der Waals surface area contributed by atoms with E-state index in [9.17, 15) is 17.6 Å². The van der Waals surface area contributed by atoms with Gasteiger partial charge in [0, 0.05) is 17.1 Å². The standard InChI is InChI=1S/C14H9Cl2F4N/c15-9-5-4-8(12(17)6-9)7-21-13-10(14(18,19)20)2-1-3-11(13)16/h1-6,21H,7H2. The van der Waals surface area contributed by atoms with Crippen molar-refractivity contribution in [1.29, 1.82) is 0 Å². The van der Waals surface area contributed by atoms with E-state index >= 15 is 0 Å². The predicted octanol–water partition coefficient (Wildman–Crippen LogP) is 5.76. The molecule has 0 aliphatic carbocycles. The molecule has 0 saturated heterocycles. The fraction of sp³-hybridized carbons (Fsp3) is 0.143. The smallest absolute Gasteiger partial charge is 0.379 e. The molecule has 0 heterocycles. The van der Waals surface area contributed by atoms with Crippen molar-refractivity contribution in [2.24, 2.45) is 0 Å². The van der Waals surface area contributed by atoms with E-state index in [0.717, 1.165) is 12.1 Å². The maximum Gasteiger partial charge on any atom is 0.418 e. The average molecular weight is 338 g/mol. The molecule has 0 unspecified atom stereocenters. The highest BCUT2D eigenvalue weighted by atomic mass is 35.5. The molecule has 0 saturated carbocycles. The van der Waals surface area contributed by atoms with Crippen molar-refractivity contribution in [2.45, 2.75) is 12.7 Å². The van der Waals surface area contributed by atoms with Gasteiger partial charge in [0.25, 0.3) is 0 Å². The molecule has 0 aromatic heterocycles. The first-order valence-electron chi connectivity index (χ1n) is 5.82. The van der Waals surface area contributed by atoms with Crippen molar-refractivity contribution in [3.63, 3.8) is 0 Å². The molecule has 0 spiro atoms. The van der Waals surface area contributed by atoms with Crippen molar-refractivity contribution in [1.82, 2.24) is 0 Å². The highest BCUT2D eigenvalue weighted by Crippen LogP contribution is 2.38. The minimum Gasteiger partial charge on any atom is -0.379 e. The van der Waals surface area contributed by atoms with Crippen LogP contribution in [0, 0.1) is 5.82 Å².